The Bertz CT molecular complexity index is 1190. The van der Waals surface area contributed by atoms with Gasteiger partial charge in [0.25, 0.3) is 5.91 Å². The molecule has 0 N–H and O–H groups in total. The lowest BCUT2D eigenvalue weighted by Crippen LogP contribution is -2.50. The Hall–Kier alpha value is -2.29. The topological polar surface area (TPSA) is 70.6 Å². The van der Waals surface area contributed by atoms with E-state index in [2.05, 4.69) is 18.2 Å². The maximum Gasteiger partial charge on any atom is 0.274 e. The summed E-state index contributed by atoms with van der Waals surface area (Å²) in [5.41, 5.74) is 2.67. The summed E-state index contributed by atoms with van der Waals surface area (Å²) in [6.45, 7) is 7.54. The summed E-state index contributed by atoms with van der Waals surface area (Å²) >= 11 is 1.32. The van der Waals surface area contributed by atoms with Crippen LogP contribution in [0.25, 0.3) is 10.1 Å². The van der Waals surface area contributed by atoms with Gasteiger partial charge in [0.2, 0.25) is 10.0 Å². The van der Waals surface area contributed by atoms with Crippen LogP contribution in [0.1, 0.15) is 35.5 Å². The summed E-state index contributed by atoms with van der Waals surface area (Å²) in [6, 6.07) is 13.1. The Balaban J connectivity index is 1.45. The van der Waals surface area contributed by atoms with Gasteiger partial charge in [0, 0.05) is 31.6 Å². The fourth-order valence-electron chi connectivity index (χ4n) is 3.91. The number of benzene rings is 2. The Kier molecular flexibility index (Phi) is 6.14. The van der Waals surface area contributed by atoms with Crippen molar-refractivity contribution in [2.24, 2.45) is 5.92 Å². The second kappa shape index (κ2) is 8.68. The van der Waals surface area contributed by atoms with Gasteiger partial charge in [-0.3, -0.25) is 4.79 Å². The Morgan fingerprint density at radius 3 is 2.39 bits per heavy atom. The Morgan fingerprint density at radius 1 is 1.06 bits per heavy atom. The van der Waals surface area contributed by atoms with E-state index in [-0.39, 0.29) is 19.0 Å². The largest absolute Gasteiger partial charge is 0.335 e. The Morgan fingerprint density at radius 2 is 1.74 bits per heavy atom. The predicted octanol–water partition coefficient (Wildman–Crippen LogP) is 3.95. The third kappa shape index (κ3) is 4.51. The number of sulfonamides is 1. The second-order valence-electron chi connectivity index (χ2n) is 8.47. The number of nitrogens with zero attached hydrogens (tertiary/aromatic N) is 3. The molecule has 31 heavy (non-hydrogen) atoms. The first-order valence-electron chi connectivity index (χ1n) is 10.5. The molecule has 1 aromatic heterocycles. The molecule has 164 valence electrons. The van der Waals surface area contributed by atoms with Crippen LogP contribution in [0.4, 0.5) is 0 Å². The van der Waals surface area contributed by atoms with Crippen molar-refractivity contribution >= 4 is 37.5 Å². The first kappa shape index (κ1) is 21.9. The standard InChI is InChI=1S/C23H27N3O3S2/c1-16(2)14-18-5-7-19(8-6-18)31(28,29)26-12-10-25(11-13-26)23(27)22-20-15-17(3)4-9-21(20)30-24-22/h4-9,15-16H,10-14H2,1-3H3. The summed E-state index contributed by atoms with van der Waals surface area (Å²) in [6.07, 6.45) is 0.923. The fraction of sp³-hybridized carbons (Fsp3) is 0.391. The highest BCUT2D eigenvalue weighted by molar-refractivity contribution is 7.89. The van der Waals surface area contributed by atoms with Crippen molar-refractivity contribution in [1.82, 2.24) is 13.6 Å². The van der Waals surface area contributed by atoms with Crippen molar-refractivity contribution in [2.75, 3.05) is 26.2 Å². The van der Waals surface area contributed by atoms with Gasteiger partial charge in [0.05, 0.1) is 9.60 Å². The lowest BCUT2D eigenvalue weighted by molar-refractivity contribution is 0.0695. The van der Waals surface area contributed by atoms with E-state index in [9.17, 15) is 13.2 Å². The zero-order chi connectivity index (χ0) is 22.2. The molecule has 0 radical (unpaired) electrons. The minimum Gasteiger partial charge on any atom is -0.335 e. The van der Waals surface area contributed by atoms with Gasteiger partial charge in [0.15, 0.2) is 0 Å². The first-order chi connectivity index (χ1) is 14.8. The maximum atomic E-state index is 13.1. The van der Waals surface area contributed by atoms with E-state index in [1.54, 1.807) is 17.0 Å². The van der Waals surface area contributed by atoms with Crippen molar-refractivity contribution in [3.63, 3.8) is 0 Å². The molecular weight excluding hydrogens is 430 g/mol. The van der Waals surface area contributed by atoms with Gasteiger partial charge in [-0.2, -0.15) is 8.68 Å². The number of aromatic nitrogens is 1. The van der Waals surface area contributed by atoms with Crippen molar-refractivity contribution in [3.8, 4) is 0 Å². The molecule has 1 aliphatic heterocycles. The molecule has 0 unspecified atom stereocenters. The number of hydrogen-bond donors (Lipinski definition) is 0. The van der Waals surface area contributed by atoms with E-state index in [0.29, 0.717) is 29.6 Å². The van der Waals surface area contributed by atoms with Gasteiger partial charge < -0.3 is 4.90 Å². The number of rotatable bonds is 5. The van der Waals surface area contributed by atoms with Crippen molar-refractivity contribution < 1.29 is 13.2 Å². The molecule has 2 heterocycles. The fourth-order valence-corrected chi connectivity index (χ4v) is 6.08. The molecule has 0 atom stereocenters. The van der Waals surface area contributed by atoms with E-state index in [0.717, 1.165) is 27.6 Å². The van der Waals surface area contributed by atoms with Crippen molar-refractivity contribution in [1.29, 1.82) is 0 Å². The third-order valence-corrected chi connectivity index (χ3v) is 8.30. The van der Waals surface area contributed by atoms with Crippen LogP contribution in [0.15, 0.2) is 47.4 Å². The molecule has 1 aliphatic rings. The molecule has 1 saturated heterocycles. The quantitative estimate of drug-likeness (QED) is 0.582. The van der Waals surface area contributed by atoms with Gasteiger partial charge in [-0.1, -0.05) is 37.6 Å². The highest BCUT2D eigenvalue weighted by Crippen LogP contribution is 2.26. The van der Waals surface area contributed by atoms with Crippen LogP contribution in [-0.4, -0.2) is 54.1 Å². The molecule has 0 saturated carbocycles. The smallest absolute Gasteiger partial charge is 0.274 e. The highest BCUT2D eigenvalue weighted by atomic mass is 32.2. The number of carbonyl (C=O) groups is 1. The summed E-state index contributed by atoms with van der Waals surface area (Å²) in [4.78, 5) is 15.0. The van der Waals surface area contributed by atoms with Gasteiger partial charge >= 0.3 is 0 Å². The van der Waals surface area contributed by atoms with Crippen LogP contribution in [0.3, 0.4) is 0 Å². The van der Waals surface area contributed by atoms with Crippen molar-refractivity contribution in [3.05, 3.63) is 59.3 Å². The lowest BCUT2D eigenvalue weighted by Gasteiger charge is -2.33. The van der Waals surface area contributed by atoms with E-state index < -0.39 is 10.0 Å². The summed E-state index contributed by atoms with van der Waals surface area (Å²) in [5.74, 6) is 0.388. The minimum atomic E-state index is -3.57. The van der Waals surface area contributed by atoms with Crippen LogP contribution >= 0.6 is 11.5 Å². The lowest BCUT2D eigenvalue weighted by atomic mass is 10.0. The number of fused-ring (bicyclic) bond motifs is 1. The average Bonchev–Trinajstić information content (AvgIpc) is 3.16. The van der Waals surface area contributed by atoms with Crippen molar-refractivity contribution in [2.45, 2.75) is 32.1 Å². The minimum absolute atomic E-state index is 0.132. The Labute approximate surface area is 187 Å². The molecular formula is C23H27N3O3S2. The number of carbonyl (C=O) groups excluding carboxylic acids is 1. The molecule has 0 spiro atoms. The van der Waals surface area contributed by atoms with E-state index >= 15 is 0 Å². The van der Waals surface area contributed by atoms with E-state index in [1.165, 1.54) is 15.8 Å². The molecule has 1 amide bonds. The highest BCUT2D eigenvalue weighted by Gasteiger charge is 2.31. The summed E-state index contributed by atoms with van der Waals surface area (Å²) in [5, 5.41) is 0.867. The number of hydrogen-bond acceptors (Lipinski definition) is 5. The summed E-state index contributed by atoms with van der Waals surface area (Å²) < 4.78 is 32.9. The number of piperazine rings is 1. The number of amides is 1. The maximum absolute atomic E-state index is 13.1. The molecule has 4 rings (SSSR count). The SMILES string of the molecule is Cc1ccc2snc(C(=O)N3CCN(S(=O)(=O)c4ccc(CC(C)C)cc4)CC3)c2c1. The monoisotopic (exact) mass is 457 g/mol. The van der Waals surface area contributed by atoms with Gasteiger partial charge in [-0.05, 0) is 60.6 Å². The molecule has 3 aromatic rings. The third-order valence-electron chi connectivity index (χ3n) is 5.56. The van der Waals surface area contributed by atoms with Crippen LogP contribution in [0, 0.1) is 12.8 Å². The second-order valence-corrected chi connectivity index (χ2v) is 11.2. The van der Waals surface area contributed by atoms with Gasteiger partial charge in [-0.25, -0.2) is 8.42 Å². The molecule has 6 nitrogen and oxygen atoms in total. The van der Waals surface area contributed by atoms with E-state index in [1.807, 2.05) is 37.3 Å². The molecule has 0 bridgehead atoms. The zero-order valence-electron chi connectivity index (χ0n) is 18.0. The van der Waals surface area contributed by atoms with Crippen LogP contribution in [-0.2, 0) is 16.4 Å². The number of aryl methyl sites for hydroxylation is 1. The van der Waals surface area contributed by atoms with Crippen LogP contribution in [0.5, 0.6) is 0 Å². The van der Waals surface area contributed by atoms with Gasteiger partial charge in [-0.15, -0.1) is 0 Å². The van der Waals surface area contributed by atoms with E-state index in [4.69, 9.17) is 0 Å². The van der Waals surface area contributed by atoms with Gasteiger partial charge in [0.1, 0.15) is 5.69 Å². The summed E-state index contributed by atoms with van der Waals surface area (Å²) in [7, 11) is -3.57. The molecule has 1 fully saturated rings. The first-order valence-corrected chi connectivity index (χ1v) is 12.7. The molecule has 2 aromatic carbocycles. The average molecular weight is 458 g/mol. The van der Waals surface area contributed by atoms with Crippen LogP contribution < -0.4 is 0 Å². The zero-order valence-corrected chi connectivity index (χ0v) is 19.7. The molecule has 0 aliphatic carbocycles. The molecule has 8 heteroatoms. The predicted molar refractivity (Wildman–Crippen MR) is 124 cm³/mol. The van der Waals surface area contributed by atoms with Crippen LogP contribution in [0.2, 0.25) is 0 Å². The normalized spacial score (nSPS) is 15.7.